The summed E-state index contributed by atoms with van der Waals surface area (Å²) in [7, 11) is 0. The van der Waals surface area contributed by atoms with Crippen LogP contribution in [0.5, 0.6) is 0 Å². The number of carbonyl (C=O) groups excluding carboxylic acids is 1. The van der Waals surface area contributed by atoms with E-state index in [0.29, 0.717) is 10.8 Å². The van der Waals surface area contributed by atoms with E-state index in [-0.39, 0.29) is 18.5 Å². The average Bonchev–Trinajstić information content (AvgIpc) is 3.04. The first-order chi connectivity index (χ1) is 11.6. The molecule has 0 bridgehead atoms. The summed E-state index contributed by atoms with van der Waals surface area (Å²) in [5.41, 5.74) is 1.80. The normalized spacial score (nSPS) is 11.9. The first-order valence-corrected chi connectivity index (χ1v) is 7.87. The largest absolute Gasteiger partial charge is 0.348 e. The Labute approximate surface area is 144 Å². The number of tetrazole rings is 1. The van der Waals surface area contributed by atoms with Crippen molar-refractivity contribution in [2.24, 2.45) is 0 Å². The second-order valence-electron chi connectivity index (χ2n) is 5.35. The van der Waals surface area contributed by atoms with Crippen LogP contribution in [-0.2, 0) is 11.3 Å². The molecule has 3 rings (SSSR count). The molecule has 2 aromatic carbocycles. The molecule has 1 aromatic heterocycles. The van der Waals surface area contributed by atoms with Crippen molar-refractivity contribution in [1.29, 1.82) is 0 Å². The van der Waals surface area contributed by atoms with Crippen LogP contribution in [0.25, 0.3) is 11.4 Å². The Bertz CT molecular complexity index is 834. The topological polar surface area (TPSA) is 72.7 Å². The highest BCUT2D eigenvalue weighted by Gasteiger charge is 2.12. The summed E-state index contributed by atoms with van der Waals surface area (Å²) >= 11 is 5.97. The minimum Gasteiger partial charge on any atom is -0.348 e. The van der Waals surface area contributed by atoms with E-state index >= 15 is 0 Å². The van der Waals surface area contributed by atoms with Gasteiger partial charge in [-0.25, -0.2) is 0 Å². The fourth-order valence-corrected chi connectivity index (χ4v) is 2.49. The van der Waals surface area contributed by atoms with Gasteiger partial charge in [-0.15, -0.1) is 10.2 Å². The van der Waals surface area contributed by atoms with E-state index in [1.54, 1.807) is 6.07 Å². The highest BCUT2D eigenvalue weighted by atomic mass is 35.5. The molecule has 0 aliphatic carbocycles. The smallest absolute Gasteiger partial charge is 0.244 e. The lowest BCUT2D eigenvalue weighted by molar-refractivity contribution is -0.122. The van der Waals surface area contributed by atoms with Crippen LogP contribution in [0.15, 0.2) is 54.6 Å². The molecule has 7 heteroatoms. The van der Waals surface area contributed by atoms with E-state index in [1.807, 2.05) is 55.5 Å². The van der Waals surface area contributed by atoms with Crippen LogP contribution in [-0.4, -0.2) is 26.1 Å². The Morgan fingerprint density at radius 2 is 2.00 bits per heavy atom. The second-order valence-corrected chi connectivity index (χ2v) is 5.79. The molecule has 1 N–H and O–H groups in total. The zero-order valence-corrected chi connectivity index (χ0v) is 13.8. The van der Waals surface area contributed by atoms with Gasteiger partial charge in [0.05, 0.1) is 6.04 Å². The van der Waals surface area contributed by atoms with Crippen molar-refractivity contribution in [3.05, 3.63) is 65.2 Å². The molecular formula is C17H16ClN5O. The minimum atomic E-state index is -0.195. The number of rotatable bonds is 5. The quantitative estimate of drug-likeness (QED) is 0.774. The zero-order valence-electron chi connectivity index (χ0n) is 13.1. The van der Waals surface area contributed by atoms with Crippen molar-refractivity contribution in [1.82, 2.24) is 25.5 Å². The van der Waals surface area contributed by atoms with Gasteiger partial charge in [0, 0.05) is 10.6 Å². The van der Waals surface area contributed by atoms with E-state index in [0.717, 1.165) is 11.1 Å². The summed E-state index contributed by atoms with van der Waals surface area (Å²) < 4.78 is 0. The first kappa shape index (κ1) is 16.1. The summed E-state index contributed by atoms with van der Waals surface area (Å²) in [4.78, 5) is 13.4. The number of amides is 1. The van der Waals surface area contributed by atoms with Gasteiger partial charge in [-0.2, -0.15) is 4.80 Å². The highest BCUT2D eigenvalue weighted by Crippen LogP contribution is 2.17. The van der Waals surface area contributed by atoms with Gasteiger partial charge in [0.25, 0.3) is 0 Å². The van der Waals surface area contributed by atoms with Crippen LogP contribution < -0.4 is 5.32 Å². The molecule has 1 amide bonds. The van der Waals surface area contributed by atoms with Crippen LogP contribution in [0, 0.1) is 0 Å². The SMILES string of the molecule is C[C@@H](NC(=O)Cn1nnc(-c2ccccc2)n1)c1cccc(Cl)c1. The van der Waals surface area contributed by atoms with E-state index in [9.17, 15) is 4.79 Å². The molecule has 1 atom stereocenters. The van der Waals surface area contributed by atoms with E-state index in [1.165, 1.54) is 4.80 Å². The molecule has 0 fully saturated rings. The third-order valence-corrected chi connectivity index (χ3v) is 3.73. The van der Waals surface area contributed by atoms with Gasteiger partial charge in [0.1, 0.15) is 6.54 Å². The van der Waals surface area contributed by atoms with Crippen LogP contribution in [0.2, 0.25) is 5.02 Å². The third-order valence-electron chi connectivity index (χ3n) is 3.50. The Balaban J connectivity index is 1.62. The number of nitrogens with one attached hydrogen (secondary N) is 1. The Morgan fingerprint density at radius 1 is 1.21 bits per heavy atom. The van der Waals surface area contributed by atoms with Crippen LogP contribution >= 0.6 is 11.6 Å². The lowest BCUT2D eigenvalue weighted by Crippen LogP contribution is -2.30. The minimum absolute atomic E-state index is 0.00470. The van der Waals surface area contributed by atoms with Gasteiger partial charge in [0.2, 0.25) is 11.7 Å². The number of hydrogen-bond acceptors (Lipinski definition) is 4. The molecule has 0 saturated carbocycles. The molecule has 0 saturated heterocycles. The molecule has 1 heterocycles. The average molecular weight is 342 g/mol. The van der Waals surface area contributed by atoms with E-state index in [2.05, 4.69) is 20.7 Å². The van der Waals surface area contributed by atoms with Crippen molar-refractivity contribution in [3.8, 4) is 11.4 Å². The van der Waals surface area contributed by atoms with Gasteiger partial charge in [-0.05, 0) is 29.8 Å². The molecule has 0 unspecified atom stereocenters. The lowest BCUT2D eigenvalue weighted by atomic mass is 10.1. The molecule has 6 nitrogen and oxygen atoms in total. The number of aromatic nitrogens is 4. The van der Waals surface area contributed by atoms with Crippen LogP contribution in [0.4, 0.5) is 0 Å². The predicted octanol–water partition coefficient (Wildman–Crippen LogP) is 2.87. The monoisotopic (exact) mass is 341 g/mol. The van der Waals surface area contributed by atoms with Gasteiger partial charge in [-0.1, -0.05) is 54.1 Å². The summed E-state index contributed by atoms with van der Waals surface area (Å²) in [6, 6.07) is 16.7. The Hall–Kier alpha value is -2.73. The number of benzene rings is 2. The number of nitrogens with zero attached hydrogens (tertiary/aromatic N) is 4. The fourth-order valence-electron chi connectivity index (χ4n) is 2.29. The number of hydrogen-bond donors (Lipinski definition) is 1. The summed E-state index contributed by atoms with van der Waals surface area (Å²) in [6.07, 6.45) is 0. The molecular weight excluding hydrogens is 326 g/mol. The third kappa shape index (κ3) is 3.97. The number of halogens is 1. The maximum atomic E-state index is 12.2. The fraction of sp³-hybridized carbons (Fsp3) is 0.176. The standard InChI is InChI=1S/C17H16ClN5O/c1-12(14-8-5-9-15(18)10-14)19-16(24)11-23-21-17(20-22-23)13-6-3-2-4-7-13/h2-10,12H,11H2,1H3,(H,19,24)/t12-/m1/s1. The maximum absolute atomic E-state index is 12.2. The summed E-state index contributed by atoms with van der Waals surface area (Å²) in [6.45, 7) is 1.90. The number of carbonyl (C=O) groups is 1. The molecule has 0 aliphatic rings. The van der Waals surface area contributed by atoms with Gasteiger partial charge in [0.15, 0.2) is 0 Å². The molecule has 122 valence electrons. The highest BCUT2D eigenvalue weighted by molar-refractivity contribution is 6.30. The Morgan fingerprint density at radius 3 is 2.75 bits per heavy atom. The van der Waals surface area contributed by atoms with Crippen molar-refractivity contribution < 1.29 is 4.79 Å². The first-order valence-electron chi connectivity index (χ1n) is 7.50. The van der Waals surface area contributed by atoms with E-state index < -0.39 is 0 Å². The predicted molar refractivity (Wildman–Crippen MR) is 91.3 cm³/mol. The van der Waals surface area contributed by atoms with Crippen molar-refractivity contribution in [2.45, 2.75) is 19.5 Å². The summed E-state index contributed by atoms with van der Waals surface area (Å²) in [5, 5.41) is 15.7. The molecule has 0 radical (unpaired) electrons. The van der Waals surface area contributed by atoms with Gasteiger partial charge in [-0.3, -0.25) is 4.79 Å². The zero-order chi connectivity index (χ0) is 16.9. The van der Waals surface area contributed by atoms with Gasteiger partial charge < -0.3 is 5.32 Å². The van der Waals surface area contributed by atoms with Crippen molar-refractivity contribution in [2.75, 3.05) is 0 Å². The lowest BCUT2D eigenvalue weighted by Gasteiger charge is -2.14. The molecule has 0 aliphatic heterocycles. The molecule has 3 aromatic rings. The molecule has 24 heavy (non-hydrogen) atoms. The second kappa shape index (κ2) is 7.23. The van der Waals surface area contributed by atoms with Crippen molar-refractivity contribution in [3.63, 3.8) is 0 Å². The summed E-state index contributed by atoms with van der Waals surface area (Å²) in [5.74, 6) is 0.297. The van der Waals surface area contributed by atoms with Crippen LogP contribution in [0.1, 0.15) is 18.5 Å². The van der Waals surface area contributed by atoms with E-state index in [4.69, 9.17) is 11.6 Å². The van der Waals surface area contributed by atoms with Crippen LogP contribution in [0.3, 0.4) is 0 Å². The Kier molecular flexibility index (Phi) is 4.86. The van der Waals surface area contributed by atoms with Crippen molar-refractivity contribution >= 4 is 17.5 Å². The van der Waals surface area contributed by atoms with Gasteiger partial charge >= 0.3 is 0 Å². The molecule has 0 spiro atoms. The maximum Gasteiger partial charge on any atom is 0.244 e.